The van der Waals surface area contributed by atoms with Gasteiger partial charge < -0.3 is 9.47 Å². The van der Waals surface area contributed by atoms with Gasteiger partial charge in [-0.05, 0) is 20.3 Å². The zero-order valence-electron chi connectivity index (χ0n) is 8.17. The van der Waals surface area contributed by atoms with E-state index in [0.29, 0.717) is 0 Å². The summed E-state index contributed by atoms with van der Waals surface area (Å²) in [5, 5.41) is 0. The highest BCUT2D eigenvalue weighted by Gasteiger charge is 2.04. The van der Waals surface area contributed by atoms with E-state index in [1.54, 1.807) is 0 Å². The zero-order chi connectivity index (χ0) is 9.40. The third kappa shape index (κ3) is 6.21. The molecule has 2 heteroatoms. The first-order valence-electron chi connectivity index (χ1n) is 4.43. The minimum absolute atomic E-state index is 0.165. The fraction of sp³-hybridized carbons (Fsp3) is 0.800. The van der Waals surface area contributed by atoms with Gasteiger partial charge in [-0.25, -0.2) is 0 Å². The van der Waals surface area contributed by atoms with Crippen LogP contribution in [0.4, 0.5) is 0 Å². The van der Waals surface area contributed by atoms with Crippen LogP contribution in [0.2, 0.25) is 0 Å². The van der Waals surface area contributed by atoms with Crippen molar-refractivity contribution in [2.24, 2.45) is 0 Å². The molecule has 0 fully saturated rings. The maximum atomic E-state index is 5.34. The molecule has 70 valence electrons. The third-order valence-electron chi connectivity index (χ3n) is 1.48. The highest BCUT2D eigenvalue weighted by molar-refractivity contribution is 4.91. The van der Waals surface area contributed by atoms with E-state index in [0.717, 1.165) is 19.4 Å². The van der Waals surface area contributed by atoms with Gasteiger partial charge in [-0.2, -0.15) is 0 Å². The average Bonchev–Trinajstić information content (AvgIpc) is 2.05. The van der Waals surface area contributed by atoms with E-state index in [-0.39, 0.29) is 12.4 Å². The number of hydrogen-bond acceptors (Lipinski definition) is 2. The molecule has 0 saturated heterocycles. The van der Waals surface area contributed by atoms with Crippen molar-refractivity contribution in [3.05, 3.63) is 0 Å². The quantitative estimate of drug-likeness (QED) is 0.345. The van der Waals surface area contributed by atoms with Crippen LogP contribution < -0.4 is 0 Å². The molecule has 0 rings (SSSR count). The summed E-state index contributed by atoms with van der Waals surface area (Å²) >= 11 is 0. The fourth-order valence-electron chi connectivity index (χ4n) is 0.760. The van der Waals surface area contributed by atoms with Crippen LogP contribution >= 0.6 is 0 Å². The molecule has 0 aromatic heterocycles. The van der Waals surface area contributed by atoms with E-state index in [2.05, 4.69) is 12.8 Å². The first kappa shape index (κ1) is 11.5. The Morgan fingerprint density at radius 2 is 2.08 bits per heavy atom. The van der Waals surface area contributed by atoms with Gasteiger partial charge >= 0.3 is 0 Å². The first-order chi connectivity index (χ1) is 5.70. The molecule has 0 aliphatic heterocycles. The lowest BCUT2D eigenvalue weighted by Gasteiger charge is -2.15. The molecule has 0 aliphatic rings. The zero-order valence-corrected chi connectivity index (χ0v) is 8.17. The van der Waals surface area contributed by atoms with Crippen LogP contribution in [-0.2, 0) is 9.47 Å². The maximum Gasteiger partial charge on any atom is 0.156 e. The highest BCUT2D eigenvalue weighted by atomic mass is 16.7. The third-order valence-corrected chi connectivity index (χ3v) is 1.48. The van der Waals surface area contributed by atoms with Crippen LogP contribution in [0.1, 0.15) is 33.6 Å². The molecule has 0 aromatic carbocycles. The lowest BCUT2D eigenvalue weighted by Crippen LogP contribution is -2.19. The Morgan fingerprint density at radius 1 is 1.42 bits per heavy atom. The van der Waals surface area contributed by atoms with Crippen molar-refractivity contribution in [2.75, 3.05) is 6.61 Å². The smallest absolute Gasteiger partial charge is 0.156 e. The second-order valence-corrected chi connectivity index (χ2v) is 2.74. The fourth-order valence-corrected chi connectivity index (χ4v) is 0.760. The molecule has 0 saturated carbocycles. The Morgan fingerprint density at radius 3 is 2.58 bits per heavy atom. The topological polar surface area (TPSA) is 18.5 Å². The van der Waals surface area contributed by atoms with Gasteiger partial charge in [-0.1, -0.05) is 19.3 Å². The van der Waals surface area contributed by atoms with Gasteiger partial charge in [0, 0.05) is 6.61 Å². The summed E-state index contributed by atoms with van der Waals surface area (Å²) in [6.45, 7) is 6.57. The summed E-state index contributed by atoms with van der Waals surface area (Å²) in [5.74, 6) is 2.48. The van der Waals surface area contributed by atoms with Crippen LogP contribution in [0.3, 0.4) is 0 Å². The Labute approximate surface area is 75.3 Å². The monoisotopic (exact) mass is 170 g/mol. The molecule has 0 spiro atoms. The Bertz CT molecular complexity index is 137. The van der Waals surface area contributed by atoms with E-state index >= 15 is 0 Å². The van der Waals surface area contributed by atoms with Crippen LogP contribution in [0.15, 0.2) is 0 Å². The molecule has 12 heavy (non-hydrogen) atoms. The SMILES string of the molecule is C#CC(C)OC(C)OCCCC. The lowest BCUT2D eigenvalue weighted by atomic mass is 10.4. The van der Waals surface area contributed by atoms with E-state index < -0.39 is 0 Å². The van der Waals surface area contributed by atoms with E-state index in [1.807, 2.05) is 13.8 Å². The van der Waals surface area contributed by atoms with Crippen LogP contribution in [0, 0.1) is 12.3 Å². The first-order valence-corrected chi connectivity index (χ1v) is 4.43. The molecule has 0 aliphatic carbocycles. The van der Waals surface area contributed by atoms with Crippen LogP contribution in [0.25, 0.3) is 0 Å². The highest BCUT2D eigenvalue weighted by Crippen LogP contribution is 2.00. The number of ether oxygens (including phenoxy) is 2. The normalized spacial score (nSPS) is 15.2. The van der Waals surface area contributed by atoms with Gasteiger partial charge in [-0.3, -0.25) is 0 Å². The van der Waals surface area contributed by atoms with Gasteiger partial charge in [0.05, 0.1) is 0 Å². The summed E-state index contributed by atoms with van der Waals surface area (Å²) in [6, 6.07) is 0. The molecule has 0 radical (unpaired) electrons. The number of terminal acetylenes is 1. The second kappa shape index (κ2) is 7.15. The van der Waals surface area contributed by atoms with Crippen molar-refractivity contribution >= 4 is 0 Å². The predicted octanol–water partition coefficient (Wildman–Crippen LogP) is 2.19. The molecule has 0 N–H and O–H groups in total. The molecule has 2 atom stereocenters. The standard InChI is InChI=1S/C10H18O2/c1-5-7-8-11-10(4)12-9(3)6-2/h2,9-10H,5,7-8H2,1,3-4H3. The molecule has 2 nitrogen and oxygen atoms in total. The van der Waals surface area contributed by atoms with Crippen molar-refractivity contribution in [2.45, 2.75) is 46.0 Å². The Kier molecular flexibility index (Phi) is 6.84. The van der Waals surface area contributed by atoms with Gasteiger partial charge in [0.1, 0.15) is 6.10 Å². The minimum Gasteiger partial charge on any atom is -0.353 e. The number of unbranched alkanes of at least 4 members (excludes halogenated alkanes) is 1. The van der Waals surface area contributed by atoms with E-state index in [1.165, 1.54) is 0 Å². The lowest BCUT2D eigenvalue weighted by molar-refractivity contribution is -0.143. The minimum atomic E-state index is -0.192. The number of hydrogen-bond donors (Lipinski definition) is 0. The molecular weight excluding hydrogens is 152 g/mol. The summed E-state index contributed by atoms with van der Waals surface area (Å²) < 4.78 is 10.6. The van der Waals surface area contributed by atoms with Crippen molar-refractivity contribution in [1.82, 2.24) is 0 Å². The summed E-state index contributed by atoms with van der Waals surface area (Å²) in [7, 11) is 0. The van der Waals surface area contributed by atoms with Crippen molar-refractivity contribution in [3.63, 3.8) is 0 Å². The van der Waals surface area contributed by atoms with Gasteiger partial charge in [-0.15, -0.1) is 6.42 Å². The van der Waals surface area contributed by atoms with Crippen LogP contribution in [-0.4, -0.2) is 19.0 Å². The van der Waals surface area contributed by atoms with E-state index in [4.69, 9.17) is 15.9 Å². The van der Waals surface area contributed by atoms with Gasteiger partial charge in [0.2, 0.25) is 0 Å². The second-order valence-electron chi connectivity index (χ2n) is 2.74. The van der Waals surface area contributed by atoms with Crippen molar-refractivity contribution in [3.8, 4) is 12.3 Å². The van der Waals surface area contributed by atoms with Crippen molar-refractivity contribution < 1.29 is 9.47 Å². The maximum absolute atomic E-state index is 5.34. The van der Waals surface area contributed by atoms with Gasteiger partial charge in [0.15, 0.2) is 6.29 Å². The largest absolute Gasteiger partial charge is 0.353 e. The van der Waals surface area contributed by atoms with Gasteiger partial charge in [0.25, 0.3) is 0 Å². The molecule has 0 amide bonds. The Balaban J connectivity index is 3.34. The molecule has 0 bridgehead atoms. The van der Waals surface area contributed by atoms with E-state index in [9.17, 15) is 0 Å². The number of rotatable bonds is 6. The molecule has 2 unspecified atom stereocenters. The summed E-state index contributed by atoms with van der Waals surface area (Å²) in [4.78, 5) is 0. The Hall–Kier alpha value is -0.520. The van der Waals surface area contributed by atoms with Crippen LogP contribution in [0.5, 0.6) is 0 Å². The molecular formula is C10H18O2. The molecule has 0 aromatic rings. The van der Waals surface area contributed by atoms with Crippen molar-refractivity contribution in [1.29, 1.82) is 0 Å². The molecule has 0 heterocycles. The summed E-state index contributed by atoms with van der Waals surface area (Å²) in [6.07, 6.45) is 6.99. The summed E-state index contributed by atoms with van der Waals surface area (Å²) in [5.41, 5.74) is 0. The predicted molar refractivity (Wildman–Crippen MR) is 49.7 cm³/mol. The average molecular weight is 170 g/mol.